The molecule has 1 heterocycles. The Morgan fingerprint density at radius 3 is 2.38 bits per heavy atom. The Bertz CT molecular complexity index is 558. The summed E-state index contributed by atoms with van der Waals surface area (Å²) in [6, 6.07) is 11.8. The summed E-state index contributed by atoms with van der Waals surface area (Å²) in [5.41, 5.74) is 2.22. The third-order valence-corrected chi connectivity index (χ3v) is 3.49. The predicted octanol–water partition coefficient (Wildman–Crippen LogP) is 2.22. The van der Waals surface area contributed by atoms with Gasteiger partial charge in [0.15, 0.2) is 0 Å². The highest BCUT2D eigenvalue weighted by molar-refractivity contribution is 5.83. The second-order valence-corrected chi connectivity index (χ2v) is 5.49. The number of likely N-dealkylation sites (N-methyl/N-ethyl adjacent to an activating group) is 1. The zero-order chi connectivity index (χ0) is 15.2. The van der Waals surface area contributed by atoms with Gasteiger partial charge in [-0.25, -0.2) is 0 Å². The molecule has 2 aromatic rings. The van der Waals surface area contributed by atoms with Crippen LogP contribution in [-0.4, -0.2) is 36.0 Å². The van der Waals surface area contributed by atoms with E-state index in [9.17, 15) is 4.79 Å². The number of aromatic nitrogens is 1. The first-order valence-corrected chi connectivity index (χ1v) is 7.19. The fourth-order valence-electron chi connectivity index (χ4n) is 2.36. The van der Waals surface area contributed by atoms with E-state index < -0.39 is 0 Å². The van der Waals surface area contributed by atoms with Crippen molar-refractivity contribution in [2.75, 3.05) is 20.6 Å². The van der Waals surface area contributed by atoms with Gasteiger partial charge in [0.2, 0.25) is 5.91 Å². The third-order valence-electron chi connectivity index (χ3n) is 3.49. The van der Waals surface area contributed by atoms with Crippen molar-refractivity contribution in [1.82, 2.24) is 14.8 Å². The highest BCUT2D eigenvalue weighted by Gasteiger charge is 2.22. The number of rotatable bonds is 6. The number of benzene rings is 1. The summed E-state index contributed by atoms with van der Waals surface area (Å²) in [5, 5.41) is 3.01. The van der Waals surface area contributed by atoms with Gasteiger partial charge in [-0.15, -0.1) is 0 Å². The number of hydrogen-bond acceptors (Lipinski definition) is 2. The molecule has 0 aliphatic carbocycles. The molecule has 1 N–H and O–H groups in total. The van der Waals surface area contributed by atoms with E-state index in [1.807, 2.05) is 74.7 Å². The van der Waals surface area contributed by atoms with Crippen molar-refractivity contribution in [2.24, 2.45) is 0 Å². The smallest absolute Gasteiger partial charge is 0.242 e. The SMILES string of the molecule is Cc1ccc([C@@H](C(=O)NCCn2cccc2)N(C)C)cc1. The lowest BCUT2D eigenvalue weighted by atomic mass is 10.0. The number of aryl methyl sites for hydroxylation is 1. The fraction of sp³-hybridized carbons (Fsp3) is 0.353. The first-order chi connectivity index (χ1) is 10.1. The molecule has 21 heavy (non-hydrogen) atoms. The molecular formula is C17H23N3O. The number of nitrogens with one attached hydrogen (secondary N) is 1. The summed E-state index contributed by atoms with van der Waals surface area (Å²) in [4.78, 5) is 14.4. The molecule has 0 radical (unpaired) electrons. The van der Waals surface area contributed by atoms with Crippen molar-refractivity contribution in [3.05, 3.63) is 59.9 Å². The van der Waals surface area contributed by atoms with Crippen LogP contribution in [0.1, 0.15) is 17.2 Å². The average molecular weight is 285 g/mol. The first kappa shape index (κ1) is 15.3. The molecule has 4 nitrogen and oxygen atoms in total. The van der Waals surface area contributed by atoms with Crippen LogP contribution >= 0.6 is 0 Å². The molecule has 112 valence electrons. The Hall–Kier alpha value is -2.07. The summed E-state index contributed by atoms with van der Waals surface area (Å²) in [6.45, 7) is 3.46. The normalized spacial score (nSPS) is 12.4. The summed E-state index contributed by atoms with van der Waals surface area (Å²) in [5.74, 6) is 0.0380. The van der Waals surface area contributed by atoms with Crippen LogP contribution in [0.5, 0.6) is 0 Å². The number of nitrogens with zero attached hydrogens (tertiary/aromatic N) is 2. The number of carbonyl (C=O) groups is 1. The molecule has 0 saturated carbocycles. The average Bonchev–Trinajstić information content (AvgIpc) is 2.94. The van der Waals surface area contributed by atoms with Crippen LogP contribution in [0.25, 0.3) is 0 Å². The minimum absolute atomic E-state index is 0.0380. The Morgan fingerprint density at radius 2 is 1.81 bits per heavy atom. The zero-order valence-corrected chi connectivity index (χ0v) is 12.9. The monoisotopic (exact) mass is 285 g/mol. The summed E-state index contributed by atoms with van der Waals surface area (Å²) in [7, 11) is 3.85. The van der Waals surface area contributed by atoms with Crippen LogP contribution in [0.2, 0.25) is 0 Å². The maximum Gasteiger partial charge on any atom is 0.242 e. The lowest BCUT2D eigenvalue weighted by molar-refractivity contribution is -0.125. The molecule has 1 aromatic heterocycles. The lowest BCUT2D eigenvalue weighted by Crippen LogP contribution is -2.38. The largest absolute Gasteiger partial charge is 0.353 e. The van der Waals surface area contributed by atoms with E-state index in [2.05, 4.69) is 9.88 Å². The second kappa shape index (κ2) is 7.09. The molecule has 1 amide bonds. The third kappa shape index (κ3) is 4.20. The minimum atomic E-state index is -0.254. The van der Waals surface area contributed by atoms with Crippen LogP contribution in [0.3, 0.4) is 0 Å². The molecule has 0 fully saturated rings. The van der Waals surface area contributed by atoms with Crippen molar-refractivity contribution in [3.63, 3.8) is 0 Å². The number of carbonyl (C=O) groups excluding carboxylic acids is 1. The van der Waals surface area contributed by atoms with Gasteiger partial charge in [0.05, 0.1) is 0 Å². The molecule has 2 rings (SSSR count). The maximum atomic E-state index is 12.4. The van der Waals surface area contributed by atoms with E-state index in [1.165, 1.54) is 5.56 Å². The van der Waals surface area contributed by atoms with E-state index in [0.29, 0.717) is 6.54 Å². The van der Waals surface area contributed by atoms with Crippen LogP contribution in [0.15, 0.2) is 48.8 Å². The van der Waals surface area contributed by atoms with Gasteiger partial charge in [0.25, 0.3) is 0 Å². The molecular weight excluding hydrogens is 262 g/mol. The van der Waals surface area contributed by atoms with Crippen molar-refractivity contribution < 1.29 is 4.79 Å². The van der Waals surface area contributed by atoms with Gasteiger partial charge in [-0.05, 0) is 38.7 Å². The summed E-state index contributed by atoms with van der Waals surface area (Å²) < 4.78 is 2.05. The van der Waals surface area contributed by atoms with Gasteiger partial charge in [0, 0.05) is 25.5 Å². The van der Waals surface area contributed by atoms with Gasteiger partial charge in [-0.2, -0.15) is 0 Å². The van der Waals surface area contributed by atoms with Crippen LogP contribution in [0, 0.1) is 6.92 Å². The first-order valence-electron chi connectivity index (χ1n) is 7.19. The Kier molecular flexibility index (Phi) is 5.17. The molecule has 1 aromatic carbocycles. The Balaban J connectivity index is 1.97. The van der Waals surface area contributed by atoms with Crippen LogP contribution < -0.4 is 5.32 Å². The maximum absolute atomic E-state index is 12.4. The van der Waals surface area contributed by atoms with E-state index in [0.717, 1.165) is 12.1 Å². The van der Waals surface area contributed by atoms with E-state index in [1.54, 1.807) is 0 Å². The highest BCUT2D eigenvalue weighted by Crippen LogP contribution is 2.18. The summed E-state index contributed by atoms with van der Waals surface area (Å²) >= 11 is 0. The molecule has 0 aliphatic heterocycles. The van der Waals surface area contributed by atoms with Gasteiger partial charge < -0.3 is 9.88 Å². The Labute approximate surface area is 126 Å². The standard InChI is InChI=1S/C17H23N3O/c1-14-6-8-15(9-7-14)16(19(2)3)17(21)18-10-13-20-11-4-5-12-20/h4-9,11-12,16H,10,13H2,1-3H3,(H,18,21)/t16-/m0/s1. The molecule has 0 spiro atoms. The van der Waals surface area contributed by atoms with Crippen LogP contribution in [0.4, 0.5) is 0 Å². The fourth-order valence-corrected chi connectivity index (χ4v) is 2.36. The van der Waals surface area contributed by atoms with Crippen molar-refractivity contribution in [1.29, 1.82) is 0 Å². The van der Waals surface area contributed by atoms with Crippen molar-refractivity contribution in [2.45, 2.75) is 19.5 Å². The van der Waals surface area contributed by atoms with E-state index >= 15 is 0 Å². The summed E-state index contributed by atoms with van der Waals surface area (Å²) in [6.07, 6.45) is 3.99. The molecule has 1 atom stereocenters. The number of amides is 1. The molecule has 0 aliphatic rings. The Morgan fingerprint density at radius 1 is 1.19 bits per heavy atom. The molecule has 4 heteroatoms. The second-order valence-electron chi connectivity index (χ2n) is 5.49. The zero-order valence-electron chi connectivity index (χ0n) is 12.9. The van der Waals surface area contributed by atoms with E-state index in [-0.39, 0.29) is 11.9 Å². The van der Waals surface area contributed by atoms with Gasteiger partial charge in [-0.1, -0.05) is 29.8 Å². The highest BCUT2D eigenvalue weighted by atomic mass is 16.2. The van der Waals surface area contributed by atoms with Crippen molar-refractivity contribution >= 4 is 5.91 Å². The predicted molar refractivity (Wildman–Crippen MR) is 85.0 cm³/mol. The lowest BCUT2D eigenvalue weighted by Gasteiger charge is -2.24. The van der Waals surface area contributed by atoms with Crippen molar-refractivity contribution in [3.8, 4) is 0 Å². The van der Waals surface area contributed by atoms with Gasteiger partial charge in [-0.3, -0.25) is 9.69 Å². The molecule has 0 saturated heterocycles. The topological polar surface area (TPSA) is 37.3 Å². The quantitative estimate of drug-likeness (QED) is 0.883. The van der Waals surface area contributed by atoms with Gasteiger partial charge in [0.1, 0.15) is 6.04 Å². The molecule has 0 bridgehead atoms. The number of hydrogen-bond donors (Lipinski definition) is 1. The minimum Gasteiger partial charge on any atom is -0.353 e. The van der Waals surface area contributed by atoms with E-state index in [4.69, 9.17) is 0 Å². The van der Waals surface area contributed by atoms with Gasteiger partial charge >= 0.3 is 0 Å². The molecule has 0 unspecified atom stereocenters. The van der Waals surface area contributed by atoms with Crippen LogP contribution in [-0.2, 0) is 11.3 Å².